The molecule has 1 amide bonds. The van der Waals surface area contributed by atoms with Gasteiger partial charge in [-0.2, -0.15) is 0 Å². The molecule has 0 fully saturated rings. The summed E-state index contributed by atoms with van der Waals surface area (Å²) in [4.78, 5) is 23.4. The van der Waals surface area contributed by atoms with Gasteiger partial charge in [-0.3, -0.25) is 4.79 Å². The van der Waals surface area contributed by atoms with Crippen molar-refractivity contribution in [2.45, 2.75) is 0 Å². The summed E-state index contributed by atoms with van der Waals surface area (Å²) in [5, 5.41) is 20.9. The molecule has 0 aliphatic carbocycles. The monoisotopic (exact) mass is 419 g/mol. The summed E-state index contributed by atoms with van der Waals surface area (Å²) in [6.07, 6.45) is 0. The van der Waals surface area contributed by atoms with E-state index in [1.807, 2.05) is 0 Å². The van der Waals surface area contributed by atoms with Crippen LogP contribution in [0.2, 0.25) is 0 Å². The average Bonchev–Trinajstić information content (AvgIpc) is 2.72. The normalized spacial score (nSPS) is 10.3. The van der Waals surface area contributed by atoms with Gasteiger partial charge in [0, 0.05) is 10.2 Å². The first kappa shape index (κ1) is 15.0. The number of hydrogen-bond donors (Lipinski definition) is 3. The Balaban J connectivity index is 2.24. The van der Waals surface area contributed by atoms with Gasteiger partial charge in [-0.25, -0.2) is 4.79 Å². The standard InChI is InChI=1S/C12H7Br2NO4S/c13-7-4-9(20-10(7)14)11(17)15-5-1-2-8(16)6(3-5)12(18)19/h1-4,16H,(H,15,17)(H,18,19). The lowest BCUT2D eigenvalue weighted by atomic mass is 10.2. The maximum absolute atomic E-state index is 12.0. The first-order chi connectivity index (χ1) is 9.38. The van der Waals surface area contributed by atoms with Crippen LogP contribution in [0.3, 0.4) is 0 Å². The van der Waals surface area contributed by atoms with Crippen LogP contribution in [0.1, 0.15) is 20.0 Å². The van der Waals surface area contributed by atoms with Crippen LogP contribution in [0.4, 0.5) is 5.69 Å². The van der Waals surface area contributed by atoms with Gasteiger partial charge in [0.25, 0.3) is 5.91 Å². The number of hydrogen-bond acceptors (Lipinski definition) is 4. The van der Waals surface area contributed by atoms with E-state index in [4.69, 9.17) is 5.11 Å². The summed E-state index contributed by atoms with van der Waals surface area (Å²) in [5.74, 6) is -1.97. The number of nitrogens with one attached hydrogen (secondary N) is 1. The lowest BCUT2D eigenvalue weighted by Gasteiger charge is -2.06. The van der Waals surface area contributed by atoms with Gasteiger partial charge in [0.15, 0.2) is 0 Å². The molecule has 0 radical (unpaired) electrons. The molecule has 0 saturated carbocycles. The summed E-state index contributed by atoms with van der Waals surface area (Å²) >= 11 is 7.82. The first-order valence-electron chi connectivity index (χ1n) is 5.21. The Labute approximate surface area is 134 Å². The van der Waals surface area contributed by atoms with E-state index < -0.39 is 5.97 Å². The number of benzene rings is 1. The van der Waals surface area contributed by atoms with Gasteiger partial charge in [-0.1, -0.05) is 0 Å². The Bertz CT molecular complexity index is 679. The van der Waals surface area contributed by atoms with Gasteiger partial charge < -0.3 is 15.5 Å². The third kappa shape index (κ3) is 3.20. The van der Waals surface area contributed by atoms with Gasteiger partial charge in [0.05, 0.1) is 8.66 Å². The van der Waals surface area contributed by atoms with E-state index in [2.05, 4.69) is 37.2 Å². The highest BCUT2D eigenvalue weighted by Gasteiger charge is 2.14. The smallest absolute Gasteiger partial charge is 0.339 e. The molecule has 1 aromatic heterocycles. The summed E-state index contributed by atoms with van der Waals surface area (Å²) < 4.78 is 1.56. The van der Waals surface area contributed by atoms with Crippen LogP contribution in [0.15, 0.2) is 32.5 Å². The molecule has 0 aliphatic rings. The van der Waals surface area contributed by atoms with E-state index in [0.29, 0.717) is 10.6 Å². The van der Waals surface area contributed by atoms with E-state index in [1.165, 1.54) is 29.5 Å². The number of carbonyl (C=O) groups excluding carboxylic acids is 1. The second kappa shape index (κ2) is 5.94. The van der Waals surface area contributed by atoms with Crippen LogP contribution in [0, 0.1) is 0 Å². The zero-order chi connectivity index (χ0) is 14.9. The van der Waals surface area contributed by atoms with Crippen LogP contribution in [-0.4, -0.2) is 22.1 Å². The van der Waals surface area contributed by atoms with Crippen molar-refractivity contribution < 1.29 is 19.8 Å². The van der Waals surface area contributed by atoms with E-state index >= 15 is 0 Å². The van der Waals surface area contributed by atoms with Crippen molar-refractivity contribution in [3.05, 3.63) is 43.0 Å². The maximum atomic E-state index is 12.0. The van der Waals surface area contributed by atoms with Crippen molar-refractivity contribution in [1.82, 2.24) is 0 Å². The second-order valence-corrected chi connectivity index (χ2v) is 6.95. The lowest BCUT2D eigenvalue weighted by Crippen LogP contribution is -2.10. The first-order valence-corrected chi connectivity index (χ1v) is 7.61. The number of aromatic hydroxyl groups is 1. The number of carboxylic acid groups (broad SMARTS) is 1. The Morgan fingerprint density at radius 1 is 1.20 bits per heavy atom. The molecule has 3 N–H and O–H groups in total. The highest BCUT2D eigenvalue weighted by Crippen LogP contribution is 2.33. The number of halogens is 2. The third-order valence-corrected chi connectivity index (χ3v) is 5.61. The molecular weight excluding hydrogens is 414 g/mol. The van der Waals surface area contributed by atoms with Crippen LogP contribution < -0.4 is 5.32 Å². The molecule has 1 heterocycles. The van der Waals surface area contributed by atoms with Crippen molar-refractivity contribution in [2.75, 3.05) is 5.32 Å². The van der Waals surface area contributed by atoms with Crippen molar-refractivity contribution in [3.8, 4) is 5.75 Å². The minimum atomic E-state index is -1.26. The van der Waals surface area contributed by atoms with E-state index in [1.54, 1.807) is 6.07 Å². The Hall–Kier alpha value is -1.38. The summed E-state index contributed by atoms with van der Waals surface area (Å²) in [7, 11) is 0. The third-order valence-electron chi connectivity index (χ3n) is 2.35. The fraction of sp³-hybridized carbons (Fsp3) is 0. The number of aromatic carboxylic acids is 1. The van der Waals surface area contributed by atoms with Gasteiger partial charge in [-0.15, -0.1) is 11.3 Å². The van der Waals surface area contributed by atoms with Crippen molar-refractivity contribution in [3.63, 3.8) is 0 Å². The molecule has 0 saturated heterocycles. The van der Waals surface area contributed by atoms with Gasteiger partial charge in [0.1, 0.15) is 11.3 Å². The molecule has 0 atom stereocenters. The number of amides is 1. The molecule has 2 rings (SSSR count). The average molecular weight is 421 g/mol. The molecule has 1 aromatic carbocycles. The molecular formula is C12H7Br2NO4S. The number of phenols is 1. The number of anilines is 1. The largest absolute Gasteiger partial charge is 0.507 e. The fourth-order valence-corrected chi connectivity index (χ4v) is 3.37. The lowest BCUT2D eigenvalue weighted by molar-refractivity contribution is 0.0693. The Morgan fingerprint density at radius 3 is 2.45 bits per heavy atom. The summed E-state index contributed by atoms with van der Waals surface area (Å²) in [6.45, 7) is 0. The van der Waals surface area contributed by atoms with E-state index in [-0.39, 0.29) is 17.2 Å². The highest BCUT2D eigenvalue weighted by molar-refractivity contribution is 9.13. The number of carboxylic acids is 1. The maximum Gasteiger partial charge on any atom is 0.339 e. The number of carbonyl (C=O) groups is 2. The molecule has 2 aromatic rings. The SMILES string of the molecule is O=C(Nc1ccc(O)c(C(=O)O)c1)c1cc(Br)c(Br)s1. The fourth-order valence-electron chi connectivity index (χ4n) is 1.44. The molecule has 0 unspecified atom stereocenters. The van der Waals surface area contributed by atoms with E-state index in [9.17, 15) is 14.7 Å². The second-order valence-electron chi connectivity index (χ2n) is 3.72. The molecule has 8 heteroatoms. The summed E-state index contributed by atoms with van der Waals surface area (Å²) in [6, 6.07) is 5.51. The Morgan fingerprint density at radius 2 is 1.90 bits per heavy atom. The molecule has 104 valence electrons. The summed E-state index contributed by atoms with van der Waals surface area (Å²) in [5.41, 5.74) is 0.0298. The Kier molecular flexibility index (Phi) is 4.46. The molecule has 0 bridgehead atoms. The highest BCUT2D eigenvalue weighted by atomic mass is 79.9. The van der Waals surface area contributed by atoms with Gasteiger partial charge >= 0.3 is 5.97 Å². The van der Waals surface area contributed by atoms with Crippen LogP contribution in [-0.2, 0) is 0 Å². The van der Waals surface area contributed by atoms with Crippen molar-refractivity contribution in [1.29, 1.82) is 0 Å². The predicted octanol–water partition coefficient (Wildman–Crippen LogP) is 3.93. The van der Waals surface area contributed by atoms with Crippen LogP contribution in [0.25, 0.3) is 0 Å². The van der Waals surface area contributed by atoms with Gasteiger partial charge in [-0.05, 0) is 56.1 Å². The number of thiophene rings is 1. The molecule has 0 spiro atoms. The molecule has 5 nitrogen and oxygen atoms in total. The van der Waals surface area contributed by atoms with Crippen molar-refractivity contribution in [2.24, 2.45) is 0 Å². The zero-order valence-electron chi connectivity index (χ0n) is 9.68. The predicted molar refractivity (Wildman–Crippen MR) is 82.7 cm³/mol. The zero-order valence-corrected chi connectivity index (χ0v) is 13.7. The van der Waals surface area contributed by atoms with Crippen molar-refractivity contribution >= 4 is 60.8 Å². The molecule has 0 aliphatic heterocycles. The van der Waals surface area contributed by atoms with Crippen LogP contribution >= 0.6 is 43.2 Å². The topological polar surface area (TPSA) is 86.6 Å². The van der Waals surface area contributed by atoms with Gasteiger partial charge in [0.2, 0.25) is 0 Å². The minimum absolute atomic E-state index is 0.267. The number of rotatable bonds is 3. The minimum Gasteiger partial charge on any atom is -0.507 e. The van der Waals surface area contributed by atoms with Crippen LogP contribution in [0.5, 0.6) is 5.75 Å². The van der Waals surface area contributed by atoms with E-state index in [0.717, 1.165) is 8.26 Å². The quantitative estimate of drug-likeness (QED) is 0.656. The molecule has 20 heavy (non-hydrogen) atoms.